The van der Waals surface area contributed by atoms with Crippen molar-refractivity contribution in [2.45, 2.75) is 26.2 Å². The van der Waals surface area contributed by atoms with Crippen molar-refractivity contribution in [1.29, 1.82) is 0 Å². The van der Waals surface area contributed by atoms with Gasteiger partial charge in [0.15, 0.2) is 0 Å². The number of unbranched alkanes of at least 4 members (excludes halogenated alkanes) is 2. The van der Waals surface area contributed by atoms with E-state index in [9.17, 15) is 9.59 Å². The van der Waals surface area contributed by atoms with Gasteiger partial charge in [-0.05, 0) is 18.6 Å². The summed E-state index contributed by atoms with van der Waals surface area (Å²) < 4.78 is 10.2. The van der Waals surface area contributed by atoms with Gasteiger partial charge in [-0.25, -0.2) is 4.79 Å². The molecule has 0 aromatic heterocycles. The average molecular weight is 295 g/mol. The molecule has 116 valence electrons. The molecule has 0 atom stereocenters. The second-order valence-electron chi connectivity index (χ2n) is 4.53. The van der Waals surface area contributed by atoms with E-state index in [2.05, 4.69) is 12.2 Å². The second-order valence-corrected chi connectivity index (χ2v) is 4.53. The summed E-state index contributed by atoms with van der Waals surface area (Å²) in [5, 5.41) is 11.6. The molecule has 0 radical (unpaired) electrons. The Kier molecular flexibility index (Phi) is 7.25. The lowest BCUT2D eigenvalue weighted by Crippen LogP contribution is -2.18. The van der Waals surface area contributed by atoms with Crippen LogP contribution in [0.2, 0.25) is 0 Å². The minimum Gasteiger partial charge on any atom is -0.496 e. The Labute approximate surface area is 124 Å². The number of hydrogen-bond acceptors (Lipinski definition) is 4. The van der Waals surface area contributed by atoms with Crippen molar-refractivity contribution in [2.75, 3.05) is 25.6 Å². The van der Waals surface area contributed by atoms with E-state index in [-0.39, 0.29) is 23.8 Å². The smallest absolute Gasteiger partial charge is 0.339 e. The van der Waals surface area contributed by atoms with Crippen molar-refractivity contribution in [3.05, 3.63) is 23.8 Å². The van der Waals surface area contributed by atoms with Crippen LogP contribution in [-0.2, 0) is 9.53 Å². The monoisotopic (exact) mass is 295 g/mol. The van der Waals surface area contributed by atoms with Crippen molar-refractivity contribution >= 4 is 17.6 Å². The Bertz CT molecular complexity index is 487. The lowest BCUT2D eigenvalue weighted by molar-refractivity contribution is -0.120. The van der Waals surface area contributed by atoms with Gasteiger partial charge in [-0.15, -0.1) is 0 Å². The molecular weight excluding hydrogens is 274 g/mol. The number of carbonyl (C=O) groups excluding carboxylic acids is 1. The molecule has 1 aromatic rings. The first-order valence-electron chi connectivity index (χ1n) is 6.87. The van der Waals surface area contributed by atoms with E-state index < -0.39 is 5.97 Å². The minimum atomic E-state index is -1.08. The first-order valence-corrected chi connectivity index (χ1v) is 6.87. The van der Waals surface area contributed by atoms with Crippen molar-refractivity contribution in [1.82, 2.24) is 0 Å². The number of carbonyl (C=O) groups is 2. The first-order chi connectivity index (χ1) is 10.1. The summed E-state index contributed by atoms with van der Waals surface area (Å²) >= 11 is 0. The summed E-state index contributed by atoms with van der Waals surface area (Å²) in [6, 6.07) is 4.37. The highest BCUT2D eigenvalue weighted by Gasteiger charge is 2.12. The van der Waals surface area contributed by atoms with E-state index in [0.717, 1.165) is 19.3 Å². The molecule has 0 fully saturated rings. The van der Waals surface area contributed by atoms with Crippen molar-refractivity contribution < 1.29 is 24.2 Å². The van der Waals surface area contributed by atoms with Crippen LogP contribution in [0.5, 0.6) is 5.75 Å². The van der Waals surface area contributed by atoms with E-state index in [1.165, 1.54) is 25.3 Å². The number of methoxy groups -OCH3 is 1. The summed E-state index contributed by atoms with van der Waals surface area (Å²) in [6.07, 6.45) is 3.12. The van der Waals surface area contributed by atoms with Gasteiger partial charge < -0.3 is 19.9 Å². The summed E-state index contributed by atoms with van der Waals surface area (Å²) in [7, 11) is 1.38. The van der Waals surface area contributed by atoms with E-state index in [0.29, 0.717) is 12.3 Å². The number of carboxylic acids is 1. The Morgan fingerprint density at radius 3 is 2.67 bits per heavy atom. The van der Waals surface area contributed by atoms with Gasteiger partial charge in [-0.1, -0.05) is 19.8 Å². The molecule has 1 amide bonds. The molecule has 21 heavy (non-hydrogen) atoms. The molecule has 0 saturated heterocycles. The third kappa shape index (κ3) is 5.83. The van der Waals surface area contributed by atoms with Crippen LogP contribution in [0.25, 0.3) is 0 Å². The molecule has 1 aromatic carbocycles. The minimum absolute atomic E-state index is 0.0211. The molecule has 0 aliphatic heterocycles. The van der Waals surface area contributed by atoms with Crippen molar-refractivity contribution in [3.63, 3.8) is 0 Å². The zero-order valence-corrected chi connectivity index (χ0v) is 12.3. The molecule has 0 heterocycles. The topological polar surface area (TPSA) is 84.9 Å². The van der Waals surface area contributed by atoms with Gasteiger partial charge in [0.1, 0.15) is 17.9 Å². The Hall–Kier alpha value is -2.08. The highest BCUT2D eigenvalue weighted by atomic mass is 16.5. The second kappa shape index (κ2) is 8.97. The van der Waals surface area contributed by atoms with Gasteiger partial charge in [0.05, 0.1) is 7.11 Å². The molecule has 6 nitrogen and oxygen atoms in total. The van der Waals surface area contributed by atoms with Gasteiger partial charge in [0.2, 0.25) is 5.91 Å². The van der Waals surface area contributed by atoms with Gasteiger partial charge >= 0.3 is 5.97 Å². The van der Waals surface area contributed by atoms with Crippen molar-refractivity contribution in [2.24, 2.45) is 0 Å². The Morgan fingerprint density at radius 1 is 1.29 bits per heavy atom. The van der Waals surface area contributed by atoms with Gasteiger partial charge in [0, 0.05) is 18.4 Å². The molecular formula is C15H21NO5. The molecule has 1 rings (SSSR count). The lowest BCUT2D eigenvalue weighted by Gasteiger charge is -2.09. The molecule has 0 unspecified atom stereocenters. The molecule has 0 bridgehead atoms. The number of ether oxygens (including phenoxy) is 2. The van der Waals surface area contributed by atoms with Crippen LogP contribution >= 0.6 is 0 Å². The zero-order valence-electron chi connectivity index (χ0n) is 12.3. The van der Waals surface area contributed by atoms with Crippen LogP contribution in [-0.4, -0.2) is 37.3 Å². The number of amides is 1. The molecule has 0 saturated carbocycles. The zero-order chi connectivity index (χ0) is 15.7. The fourth-order valence-electron chi connectivity index (χ4n) is 1.76. The van der Waals surface area contributed by atoms with Gasteiger partial charge in [-0.2, -0.15) is 0 Å². The van der Waals surface area contributed by atoms with Crippen LogP contribution in [0.1, 0.15) is 36.5 Å². The van der Waals surface area contributed by atoms with Crippen molar-refractivity contribution in [3.8, 4) is 5.75 Å². The van der Waals surface area contributed by atoms with Crippen LogP contribution < -0.4 is 10.1 Å². The summed E-state index contributed by atoms with van der Waals surface area (Å²) in [5.74, 6) is -1.16. The largest absolute Gasteiger partial charge is 0.496 e. The molecule has 0 aliphatic rings. The number of benzene rings is 1. The van der Waals surface area contributed by atoms with Crippen LogP contribution in [0, 0.1) is 0 Å². The third-order valence-corrected chi connectivity index (χ3v) is 2.84. The molecule has 2 N–H and O–H groups in total. The number of anilines is 1. The predicted octanol–water partition coefficient (Wildman–Crippen LogP) is 2.54. The lowest BCUT2D eigenvalue weighted by atomic mass is 10.2. The maximum Gasteiger partial charge on any atom is 0.339 e. The Morgan fingerprint density at radius 2 is 2.05 bits per heavy atom. The first kappa shape index (κ1) is 17.0. The maximum absolute atomic E-state index is 11.7. The molecule has 6 heteroatoms. The van der Waals surface area contributed by atoms with Crippen LogP contribution in [0.3, 0.4) is 0 Å². The number of hydrogen-bond donors (Lipinski definition) is 2. The summed E-state index contributed by atoms with van der Waals surface area (Å²) in [6.45, 7) is 2.64. The van der Waals surface area contributed by atoms with E-state index in [4.69, 9.17) is 14.6 Å². The van der Waals surface area contributed by atoms with E-state index in [1.807, 2.05) is 0 Å². The molecule has 0 aliphatic carbocycles. The highest BCUT2D eigenvalue weighted by molar-refractivity contribution is 5.95. The quantitative estimate of drug-likeness (QED) is 0.684. The van der Waals surface area contributed by atoms with Crippen LogP contribution in [0.15, 0.2) is 18.2 Å². The number of nitrogens with one attached hydrogen (secondary N) is 1. The van der Waals surface area contributed by atoms with Gasteiger partial charge in [0.25, 0.3) is 0 Å². The van der Waals surface area contributed by atoms with E-state index in [1.54, 1.807) is 0 Å². The third-order valence-electron chi connectivity index (χ3n) is 2.84. The summed E-state index contributed by atoms with van der Waals surface area (Å²) in [5.41, 5.74) is 0.519. The maximum atomic E-state index is 11.7. The fourth-order valence-corrected chi connectivity index (χ4v) is 1.76. The number of aromatic carboxylic acids is 1. The highest BCUT2D eigenvalue weighted by Crippen LogP contribution is 2.23. The average Bonchev–Trinajstić information content (AvgIpc) is 2.46. The Balaban J connectivity index is 2.51. The molecule has 0 spiro atoms. The standard InChI is InChI=1S/C15H21NO5/c1-3-4-5-8-21-10-14(17)16-11-6-7-12(15(18)19)13(9-11)20-2/h6-7,9H,3-5,8,10H2,1-2H3,(H,16,17)(H,18,19). The fraction of sp³-hybridized carbons (Fsp3) is 0.467. The SMILES string of the molecule is CCCCCOCC(=O)Nc1ccc(C(=O)O)c(OC)c1. The number of carboxylic acid groups (broad SMARTS) is 1. The summed E-state index contributed by atoms with van der Waals surface area (Å²) in [4.78, 5) is 22.6. The number of rotatable bonds is 9. The van der Waals surface area contributed by atoms with Gasteiger partial charge in [-0.3, -0.25) is 4.79 Å². The van der Waals surface area contributed by atoms with Crippen LogP contribution in [0.4, 0.5) is 5.69 Å². The van der Waals surface area contributed by atoms with E-state index >= 15 is 0 Å². The normalized spacial score (nSPS) is 10.2. The predicted molar refractivity (Wildman–Crippen MR) is 78.9 cm³/mol.